The molecule has 1 aliphatic rings. The zero-order valence-electron chi connectivity index (χ0n) is 19.4. The first kappa shape index (κ1) is 23.3. The molecule has 2 aromatic carbocycles. The SMILES string of the molecule is Cc1cc(-c2ncc3c(Oc4ccccc4F)c[nH]c3n2)ccc1OCC(=O)N1CCC[C@H]1C(=O)O. The van der Waals surface area contributed by atoms with Crippen LogP contribution in [0.25, 0.3) is 22.4 Å². The van der Waals surface area contributed by atoms with Crippen LogP contribution < -0.4 is 9.47 Å². The molecule has 10 heteroatoms. The lowest BCUT2D eigenvalue weighted by Crippen LogP contribution is -2.42. The van der Waals surface area contributed by atoms with Gasteiger partial charge in [-0.3, -0.25) is 4.79 Å². The van der Waals surface area contributed by atoms with E-state index in [4.69, 9.17) is 9.47 Å². The Morgan fingerprint density at radius 1 is 1.19 bits per heavy atom. The Hall–Kier alpha value is -4.47. The molecule has 0 aliphatic carbocycles. The number of nitrogens with one attached hydrogen (secondary N) is 1. The van der Waals surface area contributed by atoms with E-state index in [0.29, 0.717) is 47.7 Å². The highest BCUT2D eigenvalue weighted by Gasteiger charge is 2.34. The fourth-order valence-electron chi connectivity index (χ4n) is 4.25. The molecule has 184 valence electrons. The van der Waals surface area contributed by atoms with Crippen molar-refractivity contribution in [3.63, 3.8) is 0 Å². The van der Waals surface area contributed by atoms with E-state index < -0.39 is 17.8 Å². The average molecular weight is 490 g/mol. The Labute approximate surface area is 205 Å². The van der Waals surface area contributed by atoms with Gasteiger partial charge in [-0.25, -0.2) is 19.2 Å². The number of carbonyl (C=O) groups excluding carboxylic acids is 1. The number of halogens is 1. The lowest BCUT2D eigenvalue weighted by atomic mass is 10.1. The molecule has 1 amide bonds. The normalized spacial score (nSPS) is 15.3. The molecule has 36 heavy (non-hydrogen) atoms. The number of para-hydroxylation sites is 1. The number of hydrogen-bond acceptors (Lipinski definition) is 6. The molecule has 2 aromatic heterocycles. The molecule has 3 heterocycles. The molecule has 1 fully saturated rings. The second-order valence-corrected chi connectivity index (χ2v) is 8.49. The van der Waals surface area contributed by atoms with Crippen LogP contribution >= 0.6 is 0 Å². The molecule has 0 spiro atoms. The number of carbonyl (C=O) groups is 2. The molecule has 5 rings (SSSR count). The predicted molar refractivity (Wildman–Crippen MR) is 128 cm³/mol. The maximum Gasteiger partial charge on any atom is 0.326 e. The summed E-state index contributed by atoms with van der Waals surface area (Å²) >= 11 is 0. The highest BCUT2D eigenvalue weighted by Crippen LogP contribution is 2.32. The maximum absolute atomic E-state index is 13.9. The number of aliphatic carboxylic acids is 1. The summed E-state index contributed by atoms with van der Waals surface area (Å²) in [6.07, 6.45) is 4.33. The zero-order valence-corrected chi connectivity index (χ0v) is 19.4. The summed E-state index contributed by atoms with van der Waals surface area (Å²) in [6.45, 7) is 2.02. The van der Waals surface area contributed by atoms with Crippen LogP contribution in [0.1, 0.15) is 18.4 Å². The lowest BCUT2D eigenvalue weighted by molar-refractivity contribution is -0.148. The first-order valence-corrected chi connectivity index (χ1v) is 11.4. The monoisotopic (exact) mass is 490 g/mol. The van der Waals surface area contributed by atoms with Gasteiger partial charge < -0.3 is 24.5 Å². The number of carboxylic acid groups (broad SMARTS) is 1. The molecular formula is C26H23FN4O5. The van der Waals surface area contributed by atoms with Crippen molar-refractivity contribution in [1.29, 1.82) is 0 Å². The minimum Gasteiger partial charge on any atom is -0.483 e. The third-order valence-corrected chi connectivity index (χ3v) is 6.09. The molecule has 0 bridgehead atoms. The van der Waals surface area contributed by atoms with Crippen molar-refractivity contribution in [3.05, 3.63) is 66.2 Å². The number of fused-ring (bicyclic) bond motifs is 1. The van der Waals surface area contributed by atoms with Gasteiger partial charge in [0, 0.05) is 24.5 Å². The van der Waals surface area contributed by atoms with Crippen LogP contribution in [0.2, 0.25) is 0 Å². The number of carboxylic acids is 1. The number of aromatic amines is 1. The van der Waals surface area contributed by atoms with E-state index in [2.05, 4.69) is 15.0 Å². The predicted octanol–water partition coefficient (Wildman–Crippen LogP) is 4.32. The highest BCUT2D eigenvalue weighted by molar-refractivity contribution is 5.85. The average Bonchev–Trinajstić information content (AvgIpc) is 3.52. The number of H-pyrrole nitrogens is 1. The van der Waals surface area contributed by atoms with Crippen molar-refractivity contribution in [2.45, 2.75) is 25.8 Å². The Kier molecular flexibility index (Phi) is 6.24. The number of amides is 1. The summed E-state index contributed by atoms with van der Waals surface area (Å²) in [7, 11) is 0. The van der Waals surface area contributed by atoms with Gasteiger partial charge in [-0.1, -0.05) is 12.1 Å². The lowest BCUT2D eigenvalue weighted by Gasteiger charge is -2.21. The third-order valence-electron chi connectivity index (χ3n) is 6.09. The van der Waals surface area contributed by atoms with Gasteiger partial charge in [0.05, 0.1) is 5.39 Å². The number of benzene rings is 2. The Morgan fingerprint density at radius 3 is 2.81 bits per heavy atom. The Balaban J connectivity index is 1.29. The van der Waals surface area contributed by atoms with E-state index in [1.54, 1.807) is 42.7 Å². The molecule has 4 aromatic rings. The van der Waals surface area contributed by atoms with Gasteiger partial charge in [0.1, 0.15) is 17.4 Å². The summed E-state index contributed by atoms with van der Waals surface area (Å²) in [5, 5.41) is 9.88. The number of rotatable bonds is 7. The summed E-state index contributed by atoms with van der Waals surface area (Å²) < 4.78 is 25.3. The summed E-state index contributed by atoms with van der Waals surface area (Å²) in [5.74, 6) is -0.312. The van der Waals surface area contributed by atoms with Crippen LogP contribution in [0.15, 0.2) is 54.9 Å². The summed E-state index contributed by atoms with van der Waals surface area (Å²) in [6, 6.07) is 10.7. The van der Waals surface area contributed by atoms with Gasteiger partial charge in [-0.05, 0) is 55.7 Å². The van der Waals surface area contributed by atoms with Gasteiger partial charge >= 0.3 is 5.97 Å². The molecule has 1 aliphatic heterocycles. The molecule has 9 nitrogen and oxygen atoms in total. The molecule has 0 saturated carbocycles. The topological polar surface area (TPSA) is 118 Å². The first-order valence-electron chi connectivity index (χ1n) is 11.4. The zero-order chi connectivity index (χ0) is 25.2. The van der Waals surface area contributed by atoms with E-state index in [9.17, 15) is 19.1 Å². The van der Waals surface area contributed by atoms with Crippen LogP contribution in [0.5, 0.6) is 17.2 Å². The number of nitrogens with zero attached hydrogens (tertiary/aromatic N) is 3. The summed E-state index contributed by atoms with van der Waals surface area (Å²) in [4.78, 5) is 37.2. The standard InChI is InChI=1S/C26H23FN4O5/c1-15-11-16(8-9-20(15)35-14-23(32)31-10-4-6-19(31)26(33)34)24-28-12-17-22(13-29-25(17)30-24)36-21-7-3-2-5-18(21)27/h2-3,5,7-9,11-13,19H,4,6,10,14H2,1H3,(H,33,34)(H,28,29,30)/t19-/m0/s1. The molecular weight excluding hydrogens is 467 g/mol. The molecule has 0 radical (unpaired) electrons. The van der Waals surface area contributed by atoms with Crippen molar-refractivity contribution in [2.75, 3.05) is 13.2 Å². The smallest absolute Gasteiger partial charge is 0.326 e. The summed E-state index contributed by atoms with van der Waals surface area (Å²) in [5.41, 5.74) is 2.05. The number of ether oxygens (including phenoxy) is 2. The fourth-order valence-corrected chi connectivity index (χ4v) is 4.25. The minimum atomic E-state index is -0.994. The van der Waals surface area contributed by atoms with E-state index in [-0.39, 0.29) is 18.3 Å². The van der Waals surface area contributed by atoms with Crippen LogP contribution in [-0.2, 0) is 9.59 Å². The number of likely N-dealkylation sites (tertiary alicyclic amines) is 1. The van der Waals surface area contributed by atoms with Crippen LogP contribution in [0, 0.1) is 12.7 Å². The fraction of sp³-hybridized carbons (Fsp3) is 0.231. The van der Waals surface area contributed by atoms with E-state index in [1.807, 2.05) is 13.0 Å². The first-order chi connectivity index (χ1) is 17.4. The van der Waals surface area contributed by atoms with Gasteiger partial charge in [-0.2, -0.15) is 0 Å². The largest absolute Gasteiger partial charge is 0.483 e. The number of aryl methyl sites for hydroxylation is 1. The Morgan fingerprint density at radius 2 is 2.03 bits per heavy atom. The number of aromatic nitrogens is 3. The van der Waals surface area contributed by atoms with E-state index >= 15 is 0 Å². The van der Waals surface area contributed by atoms with Gasteiger partial charge in [0.15, 0.2) is 29.7 Å². The molecule has 2 N–H and O–H groups in total. The van der Waals surface area contributed by atoms with Crippen molar-refractivity contribution in [3.8, 4) is 28.6 Å². The second kappa shape index (κ2) is 9.65. The van der Waals surface area contributed by atoms with Gasteiger partial charge in [0.2, 0.25) is 0 Å². The Bertz CT molecular complexity index is 1450. The third kappa shape index (κ3) is 4.57. The van der Waals surface area contributed by atoms with Crippen molar-refractivity contribution in [2.24, 2.45) is 0 Å². The van der Waals surface area contributed by atoms with Crippen LogP contribution in [0.3, 0.4) is 0 Å². The second-order valence-electron chi connectivity index (χ2n) is 8.49. The minimum absolute atomic E-state index is 0.107. The van der Waals surface area contributed by atoms with Crippen LogP contribution in [-0.4, -0.2) is 56.0 Å². The van der Waals surface area contributed by atoms with E-state index in [1.165, 1.54) is 11.0 Å². The quantitative estimate of drug-likeness (QED) is 0.396. The van der Waals surface area contributed by atoms with E-state index in [0.717, 1.165) is 11.1 Å². The maximum atomic E-state index is 13.9. The number of hydrogen-bond donors (Lipinski definition) is 2. The van der Waals surface area contributed by atoms with Crippen molar-refractivity contribution in [1.82, 2.24) is 19.9 Å². The van der Waals surface area contributed by atoms with Crippen molar-refractivity contribution < 1.29 is 28.6 Å². The van der Waals surface area contributed by atoms with Gasteiger partial charge in [0.25, 0.3) is 5.91 Å². The molecule has 0 unspecified atom stereocenters. The van der Waals surface area contributed by atoms with Gasteiger partial charge in [-0.15, -0.1) is 0 Å². The molecule has 1 saturated heterocycles. The highest BCUT2D eigenvalue weighted by atomic mass is 19.1. The van der Waals surface area contributed by atoms with Crippen molar-refractivity contribution >= 4 is 22.9 Å². The molecule has 1 atom stereocenters. The van der Waals surface area contributed by atoms with Crippen LogP contribution in [0.4, 0.5) is 4.39 Å².